The van der Waals surface area contributed by atoms with Gasteiger partial charge >= 0.3 is 0 Å². The SMILES string of the molecule is O=C(NCC1(O)CCC1)c1ccc(Cl)cc1O. The van der Waals surface area contributed by atoms with Gasteiger partial charge in [0.25, 0.3) is 5.91 Å². The number of halogens is 1. The number of aromatic hydroxyl groups is 1. The molecule has 1 amide bonds. The molecule has 0 radical (unpaired) electrons. The van der Waals surface area contributed by atoms with Crippen LogP contribution in [0, 0.1) is 0 Å². The van der Waals surface area contributed by atoms with E-state index in [1.54, 1.807) is 0 Å². The zero-order valence-electron chi connectivity index (χ0n) is 9.24. The van der Waals surface area contributed by atoms with Crippen LogP contribution in [0.3, 0.4) is 0 Å². The second kappa shape index (κ2) is 4.55. The molecule has 3 N–H and O–H groups in total. The summed E-state index contributed by atoms with van der Waals surface area (Å²) in [6, 6.07) is 4.31. The van der Waals surface area contributed by atoms with Crippen LogP contribution < -0.4 is 5.32 Å². The molecule has 17 heavy (non-hydrogen) atoms. The third-order valence-electron chi connectivity index (χ3n) is 3.07. The minimum Gasteiger partial charge on any atom is -0.507 e. The van der Waals surface area contributed by atoms with Crippen molar-refractivity contribution in [3.63, 3.8) is 0 Å². The Morgan fingerprint density at radius 1 is 1.47 bits per heavy atom. The molecule has 92 valence electrons. The molecular formula is C12H14ClNO3. The van der Waals surface area contributed by atoms with Crippen molar-refractivity contribution in [1.29, 1.82) is 0 Å². The maximum absolute atomic E-state index is 11.7. The van der Waals surface area contributed by atoms with Crippen molar-refractivity contribution >= 4 is 17.5 Å². The molecular weight excluding hydrogens is 242 g/mol. The van der Waals surface area contributed by atoms with Gasteiger partial charge in [0, 0.05) is 11.6 Å². The number of hydrogen-bond acceptors (Lipinski definition) is 3. The molecule has 1 saturated carbocycles. The highest BCUT2D eigenvalue weighted by Gasteiger charge is 2.34. The molecule has 0 spiro atoms. The normalized spacial score (nSPS) is 17.3. The van der Waals surface area contributed by atoms with E-state index < -0.39 is 11.5 Å². The lowest BCUT2D eigenvalue weighted by Gasteiger charge is -2.36. The van der Waals surface area contributed by atoms with E-state index in [4.69, 9.17) is 11.6 Å². The lowest BCUT2D eigenvalue weighted by Crippen LogP contribution is -2.47. The van der Waals surface area contributed by atoms with Gasteiger partial charge in [-0.2, -0.15) is 0 Å². The van der Waals surface area contributed by atoms with Gasteiger partial charge in [-0.3, -0.25) is 4.79 Å². The molecule has 0 heterocycles. The van der Waals surface area contributed by atoms with Crippen molar-refractivity contribution in [2.75, 3.05) is 6.54 Å². The first-order chi connectivity index (χ1) is 8.00. The lowest BCUT2D eigenvalue weighted by atomic mass is 9.80. The lowest BCUT2D eigenvalue weighted by molar-refractivity contribution is -0.0300. The molecule has 4 nitrogen and oxygen atoms in total. The van der Waals surface area contributed by atoms with Gasteiger partial charge in [0.15, 0.2) is 0 Å². The summed E-state index contributed by atoms with van der Waals surface area (Å²) in [4.78, 5) is 11.7. The smallest absolute Gasteiger partial charge is 0.255 e. The molecule has 1 aromatic carbocycles. The highest BCUT2D eigenvalue weighted by atomic mass is 35.5. The van der Waals surface area contributed by atoms with Crippen LogP contribution in [0.15, 0.2) is 18.2 Å². The molecule has 0 saturated heterocycles. The fourth-order valence-electron chi connectivity index (χ4n) is 1.80. The zero-order chi connectivity index (χ0) is 12.5. The maximum Gasteiger partial charge on any atom is 0.255 e. The van der Waals surface area contributed by atoms with Crippen LogP contribution in [0.2, 0.25) is 5.02 Å². The number of hydrogen-bond donors (Lipinski definition) is 3. The number of aliphatic hydroxyl groups is 1. The monoisotopic (exact) mass is 255 g/mol. The molecule has 5 heteroatoms. The number of rotatable bonds is 3. The van der Waals surface area contributed by atoms with Crippen LogP contribution >= 0.6 is 11.6 Å². The molecule has 0 aliphatic heterocycles. The Kier molecular flexibility index (Phi) is 3.26. The van der Waals surface area contributed by atoms with E-state index in [-0.39, 0.29) is 17.9 Å². The van der Waals surface area contributed by atoms with Gasteiger partial charge in [0.05, 0.1) is 11.2 Å². The molecule has 0 unspecified atom stereocenters. The van der Waals surface area contributed by atoms with E-state index in [1.807, 2.05) is 0 Å². The highest BCUT2D eigenvalue weighted by Crippen LogP contribution is 2.30. The average Bonchev–Trinajstić information content (AvgIpc) is 2.23. The van der Waals surface area contributed by atoms with E-state index in [9.17, 15) is 15.0 Å². The fourth-order valence-corrected chi connectivity index (χ4v) is 1.96. The number of benzene rings is 1. The van der Waals surface area contributed by atoms with E-state index in [0.29, 0.717) is 17.9 Å². The van der Waals surface area contributed by atoms with E-state index in [1.165, 1.54) is 18.2 Å². The van der Waals surface area contributed by atoms with Crippen LogP contribution in [0.25, 0.3) is 0 Å². The molecule has 1 aliphatic carbocycles. The number of carbonyl (C=O) groups is 1. The number of carbonyl (C=O) groups excluding carboxylic acids is 1. The Labute approximate surface area is 104 Å². The van der Waals surface area contributed by atoms with Crippen molar-refractivity contribution in [2.45, 2.75) is 24.9 Å². The Balaban J connectivity index is 1.99. The third kappa shape index (κ3) is 2.70. The minimum absolute atomic E-state index is 0.157. The summed E-state index contributed by atoms with van der Waals surface area (Å²) in [5.74, 6) is -0.560. The van der Waals surface area contributed by atoms with Crippen molar-refractivity contribution in [3.05, 3.63) is 28.8 Å². The number of phenolic OH excluding ortho intramolecular Hbond substituents is 1. The molecule has 1 fully saturated rings. The fraction of sp³-hybridized carbons (Fsp3) is 0.417. The van der Waals surface area contributed by atoms with E-state index in [2.05, 4.69) is 5.32 Å². The van der Waals surface area contributed by atoms with Gasteiger partial charge in [0.2, 0.25) is 0 Å². The predicted octanol–water partition coefficient (Wildman–Crippen LogP) is 1.69. The summed E-state index contributed by atoms with van der Waals surface area (Å²) in [5, 5.41) is 22.4. The summed E-state index contributed by atoms with van der Waals surface area (Å²) in [6.45, 7) is 0.216. The first-order valence-corrected chi connectivity index (χ1v) is 5.87. The molecule has 0 bridgehead atoms. The average molecular weight is 256 g/mol. The summed E-state index contributed by atoms with van der Waals surface area (Å²) >= 11 is 5.67. The van der Waals surface area contributed by atoms with Gasteiger partial charge in [-0.25, -0.2) is 0 Å². The Bertz CT molecular complexity index is 443. The summed E-state index contributed by atoms with van der Waals surface area (Å²) in [6.07, 6.45) is 2.40. The predicted molar refractivity (Wildman–Crippen MR) is 64.3 cm³/mol. The van der Waals surface area contributed by atoms with Gasteiger partial charge in [-0.1, -0.05) is 11.6 Å². The molecule has 1 aromatic rings. The molecule has 2 rings (SSSR count). The number of nitrogens with one attached hydrogen (secondary N) is 1. The van der Waals surface area contributed by atoms with Crippen LogP contribution in [0.4, 0.5) is 0 Å². The van der Waals surface area contributed by atoms with Crippen LogP contribution in [0.1, 0.15) is 29.6 Å². The minimum atomic E-state index is -0.766. The van der Waals surface area contributed by atoms with Crippen LogP contribution in [0.5, 0.6) is 5.75 Å². The second-order valence-electron chi connectivity index (χ2n) is 4.42. The van der Waals surface area contributed by atoms with Crippen LogP contribution in [-0.2, 0) is 0 Å². The standard InChI is InChI=1S/C12H14ClNO3/c13-8-2-3-9(10(15)6-8)11(16)14-7-12(17)4-1-5-12/h2-3,6,15,17H,1,4-5,7H2,(H,14,16). The summed E-state index contributed by atoms with van der Waals surface area (Å²) in [7, 11) is 0. The first-order valence-electron chi connectivity index (χ1n) is 5.49. The molecule has 0 aromatic heterocycles. The second-order valence-corrected chi connectivity index (χ2v) is 4.86. The topological polar surface area (TPSA) is 69.6 Å². The van der Waals surface area contributed by atoms with E-state index >= 15 is 0 Å². The van der Waals surface area contributed by atoms with Gasteiger partial charge < -0.3 is 15.5 Å². The van der Waals surface area contributed by atoms with Crippen molar-refractivity contribution in [3.8, 4) is 5.75 Å². The summed E-state index contributed by atoms with van der Waals surface area (Å²) < 4.78 is 0. The van der Waals surface area contributed by atoms with Crippen molar-refractivity contribution in [2.24, 2.45) is 0 Å². The Morgan fingerprint density at radius 2 is 2.18 bits per heavy atom. The summed E-state index contributed by atoms with van der Waals surface area (Å²) in [5.41, 5.74) is -0.602. The third-order valence-corrected chi connectivity index (χ3v) is 3.30. The zero-order valence-corrected chi connectivity index (χ0v) is 10.00. The Morgan fingerprint density at radius 3 is 2.71 bits per heavy atom. The molecule has 0 atom stereocenters. The van der Waals surface area contributed by atoms with E-state index in [0.717, 1.165) is 6.42 Å². The quantitative estimate of drug-likeness (QED) is 0.770. The van der Waals surface area contributed by atoms with Crippen LogP contribution in [-0.4, -0.2) is 28.3 Å². The number of amides is 1. The van der Waals surface area contributed by atoms with Gasteiger partial charge in [0.1, 0.15) is 5.75 Å². The largest absolute Gasteiger partial charge is 0.507 e. The van der Waals surface area contributed by atoms with Crippen molar-refractivity contribution < 1.29 is 15.0 Å². The van der Waals surface area contributed by atoms with Gasteiger partial charge in [-0.15, -0.1) is 0 Å². The van der Waals surface area contributed by atoms with Gasteiger partial charge in [-0.05, 0) is 37.5 Å². The highest BCUT2D eigenvalue weighted by molar-refractivity contribution is 6.30. The first kappa shape index (κ1) is 12.2. The number of phenols is 1. The Hall–Kier alpha value is -1.26. The molecule has 1 aliphatic rings. The maximum atomic E-state index is 11.7. The van der Waals surface area contributed by atoms with Crippen molar-refractivity contribution in [1.82, 2.24) is 5.32 Å².